The van der Waals surface area contributed by atoms with Gasteiger partial charge in [-0.25, -0.2) is 9.97 Å². The number of aliphatic hydroxyl groups is 1. The first-order chi connectivity index (χ1) is 17.1. The second kappa shape index (κ2) is 10.9. The molecule has 0 aliphatic heterocycles. The fraction of sp³-hybridized carbons (Fsp3) is 0.414. The van der Waals surface area contributed by atoms with Crippen LogP contribution in [0.25, 0.3) is 11.3 Å². The fourth-order valence-corrected chi connectivity index (χ4v) is 5.51. The highest BCUT2D eigenvalue weighted by atomic mass is 35.5. The number of aromatic nitrogens is 2. The Hall–Kier alpha value is -2.76. The summed E-state index contributed by atoms with van der Waals surface area (Å²) in [7, 11) is 0. The summed E-state index contributed by atoms with van der Waals surface area (Å²) >= 11 is 5.99. The number of aliphatic hydroxyl groups excluding tert-OH is 1. The smallest absolute Gasteiger partial charge is 0.229 e. The minimum atomic E-state index is -0.0933. The Balaban J connectivity index is 1.42. The number of halogens is 1. The van der Waals surface area contributed by atoms with Crippen LogP contribution in [0.2, 0.25) is 5.02 Å². The van der Waals surface area contributed by atoms with E-state index < -0.39 is 0 Å². The molecule has 2 aliphatic rings. The molecule has 1 aromatic heterocycles. The predicted molar refractivity (Wildman–Crippen MR) is 139 cm³/mol. The van der Waals surface area contributed by atoms with E-state index in [9.17, 15) is 9.90 Å². The monoisotopic (exact) mass is 489 g/mol. The van der Waals surface area contributed by atoms with Gasteiger partial charge in [-0.3, -0.25) is 4.79 Å². The highest BCUT2D eigenvalue weighted by Gasteiger charge is 2.23. The van der Waals surface area contributed by atoms with Crippen LogP contribution in [0.4, 0.5) is 5.82 Å². The van der Waals surface area contributed by atoms with Crippen molar-refractivity contribution in [2.45, 2.75) is 70.8 Å². The highest BCUT2D eigenvalue weighted by Crippen LogP contribution is 2.35. The lowest BCUT2D eigenvalue weighted by atomic mass is 9.85. The van der Waals surface area contributed by atoms with E-state index in [2.05, 4.69) is 17.4 Å². The van der Waals surface area contributed by atoms with Crippen molar-refractivity contribution in [2.75, 3.05) is 5.32 Å². The predicted octanol–water partition coefficient (Wildman–Crippen LogP) is 6.08. The molecule has 6 heteroatoms. The molecule has 0 radical (unpaired) electrons. The van der Waals surface area contributed by atoms with Crippen molar-refractivity contribution in [3.63, 3.8) is 0 Å². The molecule has 1 saturated carbocycles. The van der Waals surface area contributed by atoms with Crippen molar-refractivity contribution in [3.8, 4) is 11.3 Å². The van der Waals surface area contributed by atoms with E-state index in [0.29, 0.717) is 10.8 Å². The molecule has 0 atom stereocenters. The van der Waals surface area contributed by atoms with Crippen LogP contribution < -0.4 is 5.32 Å². The van der Waals surface area contributed by atoms with Crippen LogP contribution in [0.3, 0.4) is 0 Å². The molecular weight excluding hydrogens is 458 g/mol. The maximum absolute atomic E-state index is 12.9. The molecule has 182 valence electrons. The van der Waals surface area contributed by atoms with Gasteiger partial charge in [-0.05, 0) is 60.4 Å². The Morgan fingerprint density at radius 2 is 1.77 bits per heavy atom. The van der Waals surface area contributed by atoms with Crippen LogP contribution in [0, 0.1) is 5.92 Å². The number of rotatable bonds is 7. The number of aryl methyl sites for hydroxylation is 3. The number of carbonyl (C=O) groups excluding carboxylic acids is 1. The molecule has 0 unspecified atom stereocenters. The minimum Gasteiger partial charge on any atom is -0.392 e. The van der Waals surface area contributed by atoms with Crippen molar-refractivity contribution in [1.29, 1.82) is 0 Å². The first-order valence-corrected chi connectivity index (χ1v) is 13.1. The molecule has 1 heterocycles. The molecule has 0 bridgehead atoms. The van der Waals surface area contributed by atoms with E-state index in [1.165, 1.54) is 37.7 Å². The summed E-state index contributed by atoms with van der Waals surface area (Å²) in [6, 6.07) is 13.4. The van der Waals surface area contributed by atoms with E-state index in [4.69, 9.17) is 21.6 Å². The quantitative estimate of drug-likeness (QED) is 0.421. The number of hydrogen-bond donors (Lipinski definition) is 2. The van der Waals surface area contributed by atoms with Gasteiger partial charge in [-0.1, -0.05) is 74.0 Å². The third kappa shape index (κ3) is 5.74. The summed E-state index contributed by atoms with van der Waals surface area (Å²) in [5.74, 6) is 1.23. The molecule has 1 fully saturated rings. The van der Waals surface area contributed by atoms with E-state index >= 15 is 0 Å². The molecule has 2 N–H and O–H groups in total. The summed E-state index contributed by atoms with van der Waals surface area (Å²) in [5, 5.41) is 13.3. The topological polar surface area (TPSA) is 75.1 Å². The van der Waals surface area contributed by atoms with Crippen LogP contribution in [0.1, 0.15) is 66.6 Å². The molecule has 0 saturated heterocycles. The summed E-state index contributed by atoms with van der Waals surface area (Å²) in [5.41, 5.74) is 6.85. The fourth-order valence-electron chi connectivity index (χ4n) is 5.39. The SMILES string of the molecule is O=C(Cc1ccc(Cl)cc1)Nc1nc2c(nc1CCC1CCCCC1)-c1ccc(CO)cc1CC2. The Labute approximate surface area is 212 Å². The van der Waals surface area contributed by atoms with Crippen molar-refractivity contribution in [1.82, 2.24) is 9.97 Å². The lowest BCUT2D eigenvalue weighted by molar-refractivity contribution is -0.115. The zero-order valence-corrected chi connectivity index (χ0v) is 20.8. The standard InChI is InChI=1S/C29H32ClN3O2/c30-23-11-6-20(7-12-23)17-27(35)33-29-26(14-9-19-4-2-1-3-5-19)31-28-24-13-8-21(18-34)16-22(24)10-15-25(28)32-29/h6-8,11-13,16,19,34H,1-5,9-10,14-15,17-18H2,(H,32,33,35). The van der Waals surface area contributed by atoms with Crippen molar-refractivity contribution in [2.24, 2.45) is 5.92 Å². The van der Waals surface area contributed by atoms with Crippen LogP contribution in [-0.2, 0) is 37.1 Å². The Morgan fingerprint density at radius 3 is 2.54 bits per heavy atom. The van der Waals surface area contributed by atoms with Crippen molar-refractivity contribution in [3.05, 3.63) is 75.6 Å². The van der Waals surface area contributed by atoms with Gasteiger partial charge in [0.25, 0.3) is 0 Å². The zero-order valence-electron chi connectivity index (χ0n) is 20.0. The van der Waals surface area contributed by atoms with Crippen LogP contribution in [0.5, 0.6) is 0 Å². The highest BCUT2D eigenvalue weighted by molar-refractivity contribution is 6.30. The number of amides is 1. The molecule has 2 aliphatic carbocycles. The molecule has 5 rings (SSSR count). The lowest BCUT2D eigenvalue weighted by Crippen LogP contribution is -2.20. The van der Waals surface area contributed by atoms with Gasteiger partial charge in [-0.15, -0.1) is 0 Å². The third-order valence-electron chi connectivity index (χ3n) is 7.33. The van der Waals surface area contributed by atoms with Gasteiger partial charge in [0.2, 0.25) is 5.91 Å². The molecule has 3 aromatic rings. The van der Waals surface area contributed by atoms with E-state index in [-0.39, 0.29) is 18.9 Å². The van der Waals surface area contributed by atoms with Gasteiger partial charge in [-0.2, -0.15) is 0 Å². The Morgan fingerprint density at radius 1 is 1.00 bits per heavy atom. The number of carbonyl (C=O) groups is 1. The largest absolute Gasteiger partial charge is 0.392 e. The van der Waals surface area contributed by atoms with Crippen LogP contribution in [0.15, 0.2) is 42.5 Å². The van der Waals surface area contributed by atoms with Gasteiger partial charge in [0, 0.05) is 10.6 Å². The summed E-state index contributed by atoms with van der Waals surface area (Å²) in [6.07, 6.45) is 10.3. The maximum atomic E-state index is 12.9. The first-order valence-electron chi connectivity index (χ1n) is 12.8. The number of hydrogen-bond acceptors (Lipinski definition) is 4. The second-order valence-corrected chi connectivity index (χ2v) is 10.3. The molecule has 35 heavy (non-hydrogen) atoms. The molecule has 2 aromatic carbocycles. The lowest BCUT2D eigenvalue weighted by Gasteiger charge is -2.23. The second-order valence-electron chi connectivity index (χ2n) is 9.86. The third-order valence-corrected chi connectivity index (χ3v) is 7.58. The summed E-state index contributed by atoms with van der Waals surface area (Å²) < 4.78 is 0. The summed E-state index contributed by atoms with van der Waals surface area (Å²) in [4.78, 5) is 23.0. The van der Waals surface area contributed by atoms with E-state index in [1.54, 1.807) is 12.1 Å². The van der Waals surface area contributed by atoms with Gasteiger partial charge in [0.05, 0.1) is 30.1 Å². The number of anilines is 1. The number of benzene rings is 2. The number of nitrogens with one attached hydrogen (secondary N) is 1. The van der Waals surface area contributed by atoms with Crippen molar-refractivity contribution >= 4 is 23.3 Å². The Bertz CT molecular complexity index is 1200. The first kappa shape index (κ1) is 24.0. The summed E-state index contributed by atoms with van der Waals surface area (Å²) in [6.45, 7) is 0.0387. The zero-order chi connectivity index (χ0) is 24.2. The maximum Gasteiger partial charge on any atom is 0.229 e. The normalized spacial score (nSPS) is 15.4. The van der Waals surface area contributed by atoms with E-state index in [1.807, 2.05) is 18.2 Å². The average Bonchev–Trinajstić information content (AvgIpc) is 2.89. The van der Waals surface area contributed by atoms with Crippen molar-refractivity contribution < 1.29 is 9.90 Å². The molecule has 1 amide bonds. The minimum absolute atomic E-state index is 0.0387. The van der Waals surface area contributed by atoms with Crippen LogP contribution in [-0.4, -0.2) is 21.0 Å². The van der Waals surface area contributed by atoms with Gasteiger partial charge < -0.3 is 10.4 Å². The molecule has 0 spiro atoms. The van der Waals surface area contributed by atoms with Crippen LogP contribution >= 0.6 is 11.6 Å². The van der Waals surface area contributed by atoms with E-state index in [0.717, 1.165) is 65.4 Å². The average molecular weight is 490 g/mol. The van der Waals surface area contributed by atoms with Gasteiger partial charge >= 0.3 is 0 Å². The molecule has 5 nitrogen and oxygen atoms in total. The number of nitrogens with zero attached hydrogens (tertiary/aromatic N) is 2. The Kier molecular flexibility index (Phi) is 7.45. The molecular formula is C29H32ClN3O2. The van der Waals surface area contributed by atoms with Gasteiger partial charge in [0.1, 0.15) is 0 Å². The number of fused-ring (bicyclic) bond motifs is 3. The van der Waals surface area contributed by atoms with Gasteiger partial charge in [0.15, 0.2) is 5.82 Å².